The zero-order valence-corrected chi connectivity index (χ0v) is 11.4. The zero-order chi connectivity index (χ0) is 12.3. The highest BCUT2D eigenvalue weighted by Gasteiger charge is 2.04. The number of nitrogens with zero attached hydrogens (tertiary/aromatic N) is 2. The van der Waals surface area contributed by atoms with Crippen LogP contribution in [-0.4, -0.2) is 23.4 Å². The average Bonchev–Trinajstić information content (AvgIpc) is 2.78. The van der Waals surface area contributed by atoms with Gasteiger partial charge in [-0.2, -0.15) is 5.10 Å². The summed E-state index contributed by atoms with van der Waals surface area (Å²) in [5.41, 5.74) is 8.86. The Hall–Kier alpha value is -1.52. The van der Waals surface area contributed by atoms with E-state index in [-0.39, 0.29) is 12.4 Å². The largest absolute Gasteiger partial charge is 0.496 e. The van der Waals surface area contributed by atoms with Crippen LogP contribution in [0.4, 0.5) is 0 Å². The minimum Gasteiger partial charge on any atom is -0.496 e. The number of hydrogen-bond donors (Lipinski definition) is 1. The first kappa shape index (κ1) is 14.5. The molecule has 1 aromatic carbocycles. The van der Waals surface area contributed by atoms with Gasteiger partial charge in [0.25, 0.3) is 0 Å². The lowest BCUT2D eigenvalue weighted by atomic mass is 10.1. The van der Waals surface area contributed by atoms with Crippen LogP contribution in [0, 0.1) is 6.92 Å². The van der Waals surface area contributed by atoms with Gasteiger partial charge in [0.15, 0.2) is 0 Å². The predicted octanol–water partition coefficient (Wildman–Crippen LogP) is 2.25. The first-order chi connectivity index (χ1) is 8.24. The van der Waals surface area contributed by atoms with E-state index in [0.29, 0.717) is 6.54 Å². The summed E-state index contributed by atoms with van der Waals surface area (Å²) in [6, 6.07) is 6.11. The maximum absolute atomic E-state index is 5.49. The highest BCUT2D eigenvalue weighted by molar-refractivity contribution is 5.85. The Bertz CT molecular complexity index is 511. The van der Waals surface area contributed by atoms with E-state index in [9.17, 15) is 0 Å². The number of aromatic nitrogens is 2. The third-order valence-corrected chi connectivity index (χ3v) is 2.72. The zero-order valence-electron chi connectivity index (χ0n) is 10.6. The van der Waals surface area contributed by atoms with Crippen LogP contribution >= 0.6 is 12.4 Å². The van der Waals surface area contributed by atoms with E-state index in [0.717, 1.165) is 29.0 Å². The van der Waals surface area contributed by atoms with Crippen molar-refractivity contribution in [3.05, 3.63) is 36.2 Å². The van der Waals surface area contributed by atoms with E-state index < -0.39 is 0 Å². The van der Waals surface area contributed by atoms with Crippen molar-refractivity contribution in [2.75, 3.05) is 13.7 Å². The van der Waals surface area contributed by atoms with Crippen molar-refractivity contribution in [1.29, 1.82) is 0 Å². The molecular formula is C13H18ClN3O. The number of halogens is 1. The van der Waals surface area contributed by atoms with Gasteiger partial charge < -0.3 is 10.5 Å². The number of aryl methyl sites for hydroxylation is 1. The molecule has 0 bridgehead atoms. The van der Waals surface area contributed by atoms with Crippen LogP contribution in [0.2, 0.25) is 0 Å². The van der Waals surface area contributed by atoms with Crippen LogP contribution in [0.1, 0.15) is 5.56 Å². The lowest BCUT2D eigenvalue weighted by Crippen LogP contribution is -2.09. The van der Waals surface area contributed by atoms with Crippen molar-refractivity contribution >= 4 is 12.4 Å². The van der Waals surface area contributed by atoms with Gasteiger partial charge in [-0.1, -0.05) is 6.07 Å². The van der Waals surface area contributed by atoms with Crippen molar-refractivity contribution in [2.24, 2.45) is 5.73 Å². The van der Waals surface area contributed by atoms with Crippen LogP contribution in [0.5, 0.6) is 5.75 Å². The Kier molecular flexibility index (Phi) is 5.19. The van der Waals surface area contributed by atoms with E-state index in [1.165, 1.54) is 0 Å². The Morgan fingerprint density at radius 1 is 1.33 bits per heavy atom. The Morgan fingerprint density at radius 2 is 2.11 bits per heavy atom. The molecule has 0 unspecified atom stereocenters. The molecule has 2 N–H and O–H groups in total. The summed E-state index contributed by atoms with van der Waals surface area (Å²) in [7, 11) is 1.68. The molecule has 1 heterocycles. The molecule has 0 saturated carbocycles. The molecule has 5 heteroatoms. The molecule has 0 aliphatic heterocycles. The molecule has 4 nitrogen and oxygen atoms in total. The molecule has 0 aliphatic carbocycles. The number of nitrogens with two attached hydrogens (primary N) is 1. The second-order valence-corrected chi connectivity index (χ2v) is 3.97. The molecule has 0 aliphatic rings. The third-order valence-electron chi connectivity index (χ3n) is 2.72. The van der Waals surface area contributed by atoms with E-state index in [4.69, 9.17) is 10.5 Å². The lowest BCUT2D eigenvalue weighted by Gasteiger charge is -2.05. The van der Waals surface area contributed by atoms with Crippen LogP contribution in [0.25, 0.3) is 11.1 Å². The summed E-state index contributed by atoms with van der Waals surface area (Å²) in [4.78, 5) is 0. The Labute approximate surface area is 113 Å². The van der Waals surface area contributed by atoms with Crippen LogP contribution < -0.4 is 10.5 Å². The van der Waals surface area contributed by atoms with Gasteiger partial charge in [-0.15, -0.1) is 12.4 Å². The van der Waals surface area contributed by atoms with Crippen molar-refractivity contribution in [3.63, 3.8) is 0 Å². The monoisotopic (exact) mass is 267 g/mol. The van der Waals surface area contributed by atoms with E-state index in [1.807, 2.05) is 36.1 Å². The lowest BCUT2D eigenvalue weighted by molar-refractivity contribution is 0.412. The SMILES string of the molecule is COc1ccc(-c2cnn(CCN)c2)cc1C.Cl. The number of ether oxygens (including phenoxy) is 1. The maximum Gasteiger partial charge on any atom is 0.121 e. The summed E-state index contributed by atoms with van der Waals surface area (Å²) >= 11 is 0. The second-order valence-electron chi connectivity index (χ2n) is 3.97. The third kappa shape index (κ3) is 3.03. The first-order valence-corrected chi connectivity index (χ1v) is 5.62. The topological polar surface area (TPSA) is 53.1 Å². The first-order valence-electron chi connectivity index (χ1n) is 5.62. The number of benzene rings is 1. The molecule has 0 fully saturated rings. The number of hydrogen-bond acceptors (Lipinski definition) is 3. The highest BCUT2D eigenvalue weighted by atomic mass is 35.5. The van der Waals surface area contributed by atoms with Gasteiger partial charge in [0.05, 0.1) is 19.9 Å². The van der Waals surface area contributed by atoms with Gasteiger partial charge in [0.1, 0.15) is 5.75 Å². The summed E-state index contributed by atoms with van der Waals surface area (Å²) in [5, 5.41) is 4.26. The van der Waals surface area contributed by atoms with Crippen molar-refractivity contribution in [3.8, 4) is 16.9 Å². The molecule has 2 aromatic rings. The van der Waals surface area contributed by atoms with Gasteiger partial charge in [0, 0.05) is 18.3 Å². The standard InChI is InChI=1S/C13H17N3O.ClH/c1-10-7-11(3-4-13(10)17-2)12-8-15-16(9-12)6-5-14;/h3-4,7-9H,5-6,14H2,1-2H3;1H. The van der Waals surface area contributed by atoms with Crippen LogP contribution in [0.3, 0.4) is 0 Å². The molecule has 2 rings (SSSR count). The molecule has 98 valence electrons. The van der Waals surface area contributed by atoms with Crippen LogP contribution in [-0.2, 0) is 6.54 Å². The van der Waals surface area contributed by atoms with Crippen molar-refractivity contribution in [2.45, 2.75) is 13.5 Å². The summed E-state index contributed by atoms with van der Waals surface area (Å²) in [5.74, 6) is 0.906. The van der Waals surface area contributed by atoms with E-state index in [1.54, 1.807) is 7.11 Å². The van der Waals surface area contributed by atoms with Gasteiger partial charge in [-0.3, -0.25) is 4.68 Å². The molecule has 0 radical (unpaired) electrons. The molecular weight excluding hydrogens is 250 g/mol. The highest BCUT2D eigenvalue weighted by Crippen LogP contribution is 2.25. The molecule has 0 saturated heterocycles. The summed E-state index contributed by atoms with van der Waals surface area (Å²) in [6.07, 6.45) is 3.87. The second kappa shape index (κ2) is 6.42. The molecule has 1 aromatic heterocycles. The van der Waals surface area contributed by atoms with Crippen LogP contribution in [0.15, 0.2) is 30.6 Å². The fourth-order valence-electron chi connectivity index (χ4n) is 1.83. The number of methoxy groups -OCH3 is 1. The summed E-state index contributed by atoms with van der Waals surface area (Å²) in [6.45, 7) is 3.38. The van der Waals surface area contributed by atoms with Crippen molar-refractivity contribution < 1.29 is 4.74 Å². The quantitative estimate of drug-likeness (QED) is 0.924. The normalized spacial score (nSPS) is 9.94. The molecule has 0 atom stereocenters. The molecule has 0 spiro atoms. The van der Waals surface area contributed by atoms with E-state index in [2.05, 4.69) is 11.2 Å². The average molecular weight is 268 g/mol. The molecule has 0 amide bonds. The maximum atomic E-state index is 5.49. The minimum atomic E-state index is 0. The van der Waals surface area contributed by atoms with Gasteiger partial charge in [-0.05, 0) is 30.2 Å². The molecule has 18 heavy (non-hydrogen) atoms. The summed E-state index contributed by atoms with van der Waals surface area (Å²) < 4.78 is 7.10. The van der Waals surface area contributed by atoms with Gasteiger partial charge >= 0.3 is 0 Å². The minimum absolute atomic E-state index is 0. The Morgan fingerprint density at radius 3 is 2.72 bits per heavy atom. The van der Waals surface area contributed by atoms with Gasteiger partial charge in [-0.25, -0.2) is 0 Å². The number of rotatable bonds is 4. The van der Waals surface area contributed by atoms with Crippen molar-refractivity contribution in [1.82, 2.24) is 9.78 Å². The Balaban J connectivity index is 0.00000162. The smallest absolute Gasteiger partial charge is 0.121 e. The fourth-order valence-corrected chi connectivity index (χ4v) is 1.83. The predicted molar refractivity (Wildman–Crippen MR) is 75.3 cm³/mol. The van der Waals surface area contributed by atoms with Gasteiger partial charge in [0.2, 0.25) is 0 Å². The fraction of sp³-hybridized carbons (Fsp3) is 0.308. The van der Waals surface area contributed by atoms with E-state index >= 15 is 0 Å².